The van der Waals surface area contributed by atoms with Crippen molar-refractivity contribution in [3.05, 3.63) is 0 Å². The molecule has 0 atom stereocenters. The normalized spacial score (nSPS) is 25.5. The van der Waals surface area contributed by atoms with E-state index < -0.39 is 0 Å². The van der Waals surface area contributed by atoms with E-state index in [1.54, 1.807) is 0 Å². The third-order valence-electron chi connectivity index (χ3n) is 3.29. The maximum atomic E-state index is 3.49. The fourth-order valence-electron chi connectivity index (χ4n) is 2.14. The molecular formula is C11H21BrN2. The second-order valence-electron chi connectivity index (χ2n) is 4.63. The van der Waals surface area contributed by atoms with Crippen LogP contribution in [0.15, 0.2) is 0 Å². The molecule has 0 unspecified atom stereocenters. The van der Waals surface area contributed by atoms with E-state index in [0.29, 0.717) is 0 Å². The standard InChI is InChI=1S/C11H21BrN2/c12-4-1-5-13-6-8-14(9-7-13)10-11-2-3-11/h11H,1-10H2. The third kappa shape index (κ3) is 3.52. The largest absolute Gasteiger partial charge is 0.301 e. The molecule has 0 spiro atoms. The predicted molar refractivity (Wildman–Crippen MR) is 64.0 cm³/mol. The monoisotopic (exact) mass is 260 g/mol. The molecule has 0 aromatic carbocycles. The Morgan fingerprint density at radius 3 is 2.21 bits per heavy atom. The molecule has 0 N–H and O–H groups in total. The quantitative estimate of drug-likeness (QED) is 0.696. The first kappa shape index (κ1) is 10.9. The van der Waals surface area contributed by atoms with E-state index in [-0.39, 0.29) is 0 Å². The van der Waals surface area contributed by atoms with Gasteiger partial charge in [0.15, 0.2) is 0 Å². The number of hydrogen-bond donors (Lipinski definition) is 0. The maximum Gasteiger partial charge on any atom is 0.0110 e. The van der Waals surface area contributed by atoms with E-state index in [2.05, 4.69) is 25.7 Å². The number of hydrogen-bond acceptors (Lipinski definition) is 2. The lowest BCUT2D eigenvalue weighted by Crippen LogP contribution is -2.47. The zero-order chi connectivity index (χ0) is 9.80. The van der Waals surface area contributed by atoms with E-state index in [1.165, 1.54) is 58.5 Å². The lowest BCUT2D eigenvalue weighted by molar-refractivity contribution is 0.129. The van der Waals surface area contributed by atoms with Gasteiger partial charge in [-0.2, -0.15) is 0 Å². The molecule has 1 saturated heterocycles. The first-order valence-corrected chi connectivity index (χ1v) is 7.01. The highest BCUT2D eigenvalue weighted by Gasteiger charge is 2.25. The summed E-state index contributed by atoms with van der Waals surface area (Å²) in [7, 11) is 0. The molecule has 3 heteroatoms. The summed E-state index contributed by atoms with van der Waals surface area (Å²) in [5.74, 6) is 1.06. The summed E-state index contributed by atoms with van der Waals surface area (Å²) in [6.07, 6.45) is 4.27. The van der Waals surface area contributed by atoms with Gasteiger partial charge in [0.1, 0.15) is 0 Å². The number of rotatable bonds is 5. The van der Waals surface area contributed by atoms with Crippen molar-refractivity contribution in [2.75, 3.05) is 44.6 Å². The molecular weight excluding hydrogens is 240 g/mol. The molecule has 0 radical (unpaired) electrons. The first-order chi connectivity index (χ1) is 6.88. The zero-order valence-corrected chi connectivity index (χ0v) is 10.5. The molecule has 1 saturated carbocycles. The van der Waals surface area contributed by atoms with Crippen LogP contribution in [0.2, 0.25) is 0 Å². The minimum absolute atomic E-state index is 1.06. The van der Waals surface area contributed by atoms with Crippen molar-refractivity contribution in [3.8, 4) is 0 Å². The SMILES string of the molecule is BrCCCN1CCN(CC2CC2)CC1. The van der Waals surface area contributed by atoms with Crippen LogP contribution in [0.4, 0.5) is 0 Å². The van der Waals surface area contributed by atoms with Crippen LogP contribution < -0.4 is 0 Å². The number of alkyl halides is 1. The van der Waals surface area contributed by atoms with E-state index in [1.807, 2.05) is 0 Å². The van der Waals surface area contributed by atoms with Crippen LogP contribution in [0, 0.1) is 5.92 Å². The van der Waals surface area contributed by atoms with E-state index in [0.717, 1.165) is 11.2 Å². The van der Waals surface area contributed by atoms with Crippen LogP contribution in [0.25, 0.3) is 0 Å². The highest BCUT2D eigenvalue weighted by atomic mass is 79.9. The summed E-state index contributed by atoms with van der Waals surface area (Å²) in [6.45, 7) is 7.85. The van der Waals surface area contributed by atoms with Crippen molar-refractivity contribution in [2.45, 2.75) is 19.3 Å². The molecule has 2 rings (SSSR count). The predicted octanol–water partition coefficient (Wildman–Crippen LogP) is 1.80. The first-order valence-electron chi connectivity index (χ1n) is 5.89. The van der Waals surface area contributed by atoms with Gasteiger partial charge in [0, 0.05) is 38.1 Å². The number of halogens is 1. The number of piperazine rings is 1. The molecule has 0 bridgehead atoms. The van der Waals surface area contributed by atoms with E-state index >= 15 is 0 Å². The highest BCUT2D eigenvalue weighted by Crippen LogP contribution is 2.29. The molecule has 82 valence electrons. The molecule has 1 aliphatic heterocycles. The molecule has 14 heavy (non-hydrogen) atoms. The van der Waals surface area contributed by atoms with Gasteiger partial charge < -0.3 is 9.80 Å². The summed E-state index contributed by atoms with van der Waals surface area (Å²) in [5.41, 5.74) is 0. The van der Waals surface area contributed by atoms with Gasteiger partial charge in [-0.05, 0) is 31.7 Å². The Kier molecular flexibility index (Phi) is 4.26. The molecule has 0 aromatic heterocycles. The maximum absolute atomic E-state index is 3.49. The Balaban J connectivity index is 1.59. The van der Waals surface area contributed by atoms with Crippen molar-refractivity contribution in [3.63, 3.8) is 0 Å². The van der Waals surface area contributed by atoms with Gasteiger partial charge >= 0.3 is 0 Å². The average Bonchev–Trinajstić information content (AvgIpc) is 3.01. The smallest absolute Gasteiger partial charge is 0.0110 e. The molecule has 2 nitrogen and oxygen atoms in total. The van der Waals surface area contributed by atoms with Crippen LogP contribution >= 0.6 is 15.9 Å². The Bertz CT molecular complexity index is 163. The van der Waals surface area contributed by atoms with Gasteiger partial charge in [-0.1, -0.05) is 15.9 Å². The lowest BCUT2D eigenvalue weighted by atomic mass is 10.2. The van der Waals surface area contributed by atoms with Crippen LogP contribution in [-0.4, -0.2) is 54.4 Å². The van der Waals surface area contributed by atoms with Crippen molar-refractivity contribution >= 4 is 15.9 Å². The molecule has 0 aromatic rings. The summed E-state index contributed by atoms with van der Waals surface area (Å²) < 4.78 is 0. The fourth-order valence-corrected chi connectivity index (χ4v) is 2.40. The van der Waals surface area contributed by atoms with Crippen molar-refractivity contribution in [1.82, 2.24) is 9.80 Å². The lowest BCUT2D eigenvalue weighted by Gasteiger charge is -2.34. The van der Waals surface area contributed by atoms with Crippen molar-refractivity contribution in [2.24, 2.45) is 5.92 Å². The van der Waals surface area contributed by atoms with Crippen molar-refractivity contribution in [1.29, 1.82) is 0 Å². The highest BCUT2D eigenvalue weighted by molar-refractivity contribution is 9.09. The van der Waals surface area contributed by atoms with Crippen molar-refractivity contribution < 1.29 is 0 Å². The van der Waals surface area contributed by atoms with E-state index in [9.17, 15) is 0 Å². The Labute approximate surface area is 95.8 Å². The van der Waals surface area contributed by atoms with Gasteiger partial charge in [0.2, 0.25) is 0 Å². The molecule has 2 aliphatic rings. The third-order valence-corrected chi connectivity index (χ3v) is 3.85. The summed E-state index contributed by atoms with van der Waals surface area (Å²) >= 11 is 3.49. The minimum Gasteiger partial charge on any atom is -0.301 e. The van der Waals surface area contributed by atoms with Crippen LogP contribution in [0.5, 0.6) is 0 Å². The second kappa shape index (κ2) is 5.47. The Morgan fingerprint density at radius 2 is 1.64 bits per heavy atom. The molecule has 1 heterocycles. The van der Waals surface area contributed by atoms with Gasteiger partial charge in [-0.25, -0.2) is 0 Å². The summed E-state index contributed by atoms with van der Waals surface area (Å²) in [5, 5.41) is 1.15. The second-order valence-corrected chi connectivity index (χ2v) is 5.42. The molecule has 0 amide bonds. The Hall–Kier alpha value is 0.400. The van der Waals surface area contributed by atoms with E-state index in [4.69, 9.17) is 0 Å². The summed E-state index contributed by atoms with van der Waals surface area (Å²) in [6, 6.07) is 0. The van der Waals surface area contributed by atoms with Crippen LogP contribution in [0.3, 0.4) is 0 Å². The fraction of sp³-hybridized carbons (Fsp3) is 1.00. The molecule has 2 fully saturated rings. The van der Waals surface area contributed by atoms with Crippen LogP contribution in [0.1, 0.15) is 19.3 Å². The summed E-state index contributed by atoms with van der Waals surface area (Å²) in [4.78, 5) is 5.26. The van der Waals surface area contributed by atoms with Gasteiger partial charge in [-0.15, -0.1) is 0 Å². The minimum atomic E-state index is 1.06. The number of nitrogens with zero attached hydrogens (tertiary/aromatic N) is 2. The van der Waals surface area contributed by atoms with Gasteiger partial charge in [0.05, 0.1) is 0 Å². The molecule has 1 aliphatic carbocycles. The Morgan fingerprint density at radius 1 is 1.00 bits per heavy atom. The van der Waals surface area contributed by atoms with Gasteiger partial charge in [-0.3, -0.25) is 0 Å². The zero-order valence-electron chi connectivity index (χ0n) is 8.92. The topological polar surface area (TPSA) is 6.48 Å². The average molecular weight is 261 g/mol. The van der Waals surface area contributed by atoms with Gasteiger partial charge in [0.25, 0.3) is 0 Å². The van der Waals surface area contributed by atoms with Crippen LogP contribution in [-0.2, 0) is 0 Å².